The number of nitrogens with zero attached hydrogens (tertiary/aromatic N) is 2. The van der Waals surface area contributed by atoms with E-state index in [0.29, 0.717) is 35.8 Å². The highest BCUT2D eigenvalue weighted by Gasteiger charge is 2.23. The van der Waals surface area contributed by atoms with Gasteiger partial charge in [0.05, 0.1) is 27.0 Å². The smallest absolute Gasteiger partial charge is 0.261 e. The van der Waals surface area contributed by atoms with Crippen LogP contribution in [0.4, 0.5) is 5.69 Å². The molecule has 3 rings (SSSR count). The minimum atomic E-state index is -0.444. The van der Waals surface area contributed by atoms with Gasteiger partial charge in [-0.3, -0.25) is 9.59 Å². The molecule has 0 unspecified atom stereocenters. The van der Waals surface area contributed by atoms with E-state index in [0.717, 1.165) is 6.42 Å². The molecule has 2 aromatic rings. The maximum Gasteiger partial charge on any atom is 0.261 e. The third-order valence-electron chi connectivity index (χ3n) is 4.53. The van der Waals surface area contributed by atoms with Crippen molar-refractivity contribution in [3.8, 4) is 17.4 Å². The fourth-order valence-electron chi connectivity index (χ4n) is 3.10. The van der Waals surface area contributed by atoms with Crippen LogP contribution in [0, 0.1) is 0 Å². The van der Waals surface area contributed by atoms with E-state index in [4.69, 9.17) is 14.2 Å². The van der Waals surface area contributed by atoms with Crippen LogP contribution in [0.2, 0.25) is 0 Å². The third kappa shape index (κ3) is 4.31. The number of amides is 2. The number of carbonyl (C=O) groups is 2. The first-order valence-electron chi connectivity index (χ1n) is 9.09. The van der Waals surface area contributed by atoms with Crippen molar-refractivity contribution < 1.29 is 23.8 Å². The van der Waals surface area contributed by atoms with Crippen LogP contribution in [0.15, 0.2) is 42.6 Å². The van der Waals surface area contributed by atoms with Crippen molar-refractivity contribution in [1.29, 1.82) is 0 Å². The van der Waals surface area contributed by atoms with Gasteiger partial charge in [0.1, 0.15) is 5.56 Å². The summed E-state index contributed by atoms with van der Waals surface area (Å²) in [6.07, 6.45) is 6.35. The SMILES string of the molecule is COc1cc(C(=O)N2CC=CCC2)cc(NC(=O)c2cccnc2OC)c1OC. The van der Waals surface area contributed by atoms with Crippen molar-refractivity contribution in [2.45, 2.75) is 6.42 Å². The number of aromatic nitrogens is 1. The van der Waals surface area contributed by atoms with E-state index in [9.17, 15) is 9.59 Å². The highest BCUT2D eigenvalue weighted by molar-refractivity contribution is 6.07. The van der Waals surface area contributed by atoms with Crippen molar-refractivity contribution >= 4 is 17.5 Å². The molecule has 1 aliphatic heterocycles. The Kier molecular flexibility index (Phi) is 6.33. The van der Waals surface area contributed by atoms with Gasteiger partial charge in [-0.1, -0.05) is 12.2 Å². The molecular formula is C21H23N3O5. The van der Waals surface area contributed by atoms with Crippen molar-refractivity contribution in [2.75, 3.05) is 39.7 Å². The molecule has 2 heterocycles. The van der Waals surface area contributed by atoms with Crippen molar-refractivity contribution in [3.63, 3.8) is 0 Å². The molecule has 1 aromatic carbocycles. The number of pyridine rings is 1. The Balaban J connectivity index is 1.97. The van der Waals surface area contributed by atoms with Gasteiger partial charge in [-0.05, 0) is 30.7 Å². The molecule has 0 saturated heterocycles. The summed E-state index contributed by atoms with van der Waals surface area (Å²) in [7, 11) is 4.38. The molecule has 1 aliphatic rings. The quantitative estimate of drug-likeness (QED) is 0.754. The first kappa shape index (κ1) is 20.2. The van der Waals surface area contributed by atoms with E-state index in [-0.39, 0.29) is 17.4 Å². The monoisotopic (exact) mass is 397 g/mol. The third-order valence-corrected chi connectivity index (χ3v) is 4.53. The predicted octanol–water partition coefficient (Wildman–Crippen LogP) is 2.76. The number of rotatable bonds is 6. The number of carbonyl (C=O) groups excluding carboxylic acids is 2. The Bertz CT molecular complexity index is 942. The summed E-state index contributed by atoms with van der Waals surface area (Å²) in [5.41, 5.74) is 0.971. The minimum Gasteiger partial charge on any atom is -0.493 e. The zero-order valence-electron chi connectivity index (χ0n) is 16.6. The van der Waals surface area contributed by atoms with E-state index < -0.39 is 5.91 Å². The number of hydrogen-bond acceptors (Lipinski definition) is 6. The number of nitrogens with one attached hydrogen (secondary N) is 1. The molecular weight excluding hydrogens is 374 g/mol. The molecule has 0 saturated carbocycles. The Morgan fingerprint density at radius 1 is 1.10 bits per heavy atom. The number of benzene rings is 1. The molecule has 0 fully saturated rings. The van der Waals surface area contributed by atoms with E-state index >= 15 is 0 Å². The van der Waals surface area contributed by atoms with Crippen molar-refractivity contribution in [3.05, 3.63) is 53.7 Å². The summed E-state index contributed by atoms with van der Waals surface area (Å²) in [6, 6.07) is 6.43. The maximum absolute atomic E-state index is 12.9. The fourth-order valence-corrected chi connectivity index (χ4v) is 3.10. The van der Waals surface area contributed by atoms with Gasteiger partial charge in [0.2, 0.25) is 5.88 Å². The predicted molar refractivity (Wildman–Crippen MR) is 108 cm³/mol. The molecule has 8 nitrogen and oxygen atoms in total. The van der Waals surface area contributed by atoms with Crippen LogP contribution >= 0.6 is 0 Å². The van der Waals surface area contributed by atoms with Crippen LogP contribution in [0.3, 0.4) is 0 Å². The van der Waals surface area contributed by atoms with Gasteiger partial charge in [-0.2, -0.15) is 0 Å². The van der Waals surface area contributed by atoms with Crippen LogP contribution in [0.25, 0.3) is 0 Å². The summed E-state index contributed by atoms with van der Waals surface area (Å²) >= 11 is 0. The zero-order chi connectivity index (χ0) is 20.8. The molecule has 0 aliphatic carbocycles. The van der Waals surface area contributed by atoms with E-state index in [1.54, 1.807) is 29.2 Å². The molecule has 0 radical (unpaired) electrons. The summed E-state index contributed by atoms with van der Waals surface area (Å²) in [5, 5.41) is 2.78. The average molecular weight is 397 g/mol. The average Bonchev–Trinajstić information content (AvgIpc) is 2.78. The van der Waals surface area contributed by atoms with Gasteiger partial charge in [-0.25, -0.2) is 4.98 Å². The Labute approximate surface area is 169 Å². The Hall–Kier alpha value is -3.55. The van der Waals surface area contributed by atoms with Gasteiger partial charge in [-0.15, -0.1) is 0 Å². The second-order valence-electron chi connectivity index (χ2n) is 6.28. The lowest BCUT2D eigenvalue weighted by Crippen LogP contribution is -2.33. The summed E-state index contributed by atoms with van der Waals surface area (Å²) < 4.78 is 16.0. The highest BCUT2D eigenvalue weighted by atomic mass is 16.5. The molecule has 1 N–H and O–H groups in total. The molecule has 1 aromatic heterocycles. The van der Waals surface area contributed by atoms with Crippen LogP contribution < -0.4 is 19.5 Å². The minimum absolute atomic E-state index is 0.148. The molecule has 0 bridgehead atoms. The largest absolute Gasteiger partial charge is 0.493 e. The van der Waals surface area contributed by atoms with Gasteiger partial charge in [0.25, 0.3) is 11.8 Å². The van der Waals surface area contributed by atoms with Gasteiger partial charge < -0.3 is 24.4 Å². The number of methoxy groups -OCH3 is 3. The van der Waals surface area contributed by atoms with E-state index in [2.05, 4.69) is 10.3 Å². The molecule has 0 atom stereocenters. The van der Waals surface area contributed by atoms with Crippen molar-refractivity contribution in [1.82, 2.24) is 9.88 Å². The Morgan fingerprint density at radius 2 is 1.93 bits per heavy atom. The maximum atomic E-state index is 12.9. The van der Waals surface area contributed by atoms with Crippen molar-refractivity contribution in [2.24, 2.45) is 0 Å². The van der Waals surface area contributed by atoms with Gasteiger partial charge in [0, 0.05) is 24.8 Å². The van der Waals surface area contributed by atoms with Crippen LogP contribution in [0.1, 0.15) is 27.1 Å². The molecule has 152 valence electrons. The van der Waals surface area contributed by atoms with E-state index in [1.165, 1.54) is 27.5 Å². The normalized spacial score (nSPS) is 13.0. The summed E-state index contributed by atoms with van der Waals surface area (Å²) in [6.45, 7) is 1.18. The first-order valence-corrected chi connectivity index (χ1v) is 9.09. The lowest BCUT2D eigenvalue weighted by atomic mass is 10.1. The number of anilines is 1. The first-order chi connectivity index (χ1) is 14.1. The van der Waals surface area contributed by atoms with Crippen LogP contribution in [-0.4, -0.2) is 56.1 Å². The van der Waals surface area contributed by atoms with Crippen LogP contribution in [-0.2, 0) is 0 Å². The molecule has 0 spiro atoms. The molecule has 2 amide bonds. The Morgan fingerprint density at radius 3 is 2.59 bits per heavy atom. The standard InChI is InChI=1S/C21H23N3O5/c1-27-17-13-14(21(26)24-10-5-4-6-11-24)12-16(18(17)28-2)23-19(25)15-8-7-9-22-20(15)29-3/h4-5,7-9,12-13H,6,10-11H2,1-3H3,(H,23,25). The second kappa shape index (κ2) is 9.09. The lowest BCUT2D eigenvalue weighted by Gasteiger charge is -2.24. The number of hydrogen-bond donors (Lipinski definition) is 1. The number of ether oxygens (including phenoxy) is 3. The summed E-state index contributed by atoms with van der Waals surface area (Å²) in [4.78, 5) is 31.5. The van der Waals surface area contributed by atoms with E-state index in [1.807, 2.05) is 12.2 Å². The lowest BCUT2D eigenvalue weighted by molar-refractivity contribution is 0.0770. The highest BCUT2D eigenvalue weighted by Crippen LogP contribution is 2.37. The fraction of sp³-hybridized carbons (Fsp3) is 0.286. The topological polar surface area (TPSA) is 90.0 Å². The molecule has 29 heavy (non-hydrogen) atoms. The molecule has 8 heteroatoms. The summed E-state index contributed by atoms with van der Waals surface area (Å²) in [5.74, 6) is 0.270. The van der Waals surface area contributed by atoms with Gasteiger partial charge in [0.15, 0.2) is 11.5 Å². The van der Waals surface area contributed by atoms with Gasteiger partial charge >= 0.3 is 0 Å². The second-order valence-corrected chi connectivity index (χ2v) is 6.28. The zero-order valence-corrected chi connectivity index (χ0v) is 16.6. The van der Waals surface area contributed by atoms with Crippen LogP contribution in [0.5, 0.6) is 17.4 Å².